The number of piperazine rings is 1. The van der Waals surface area contributed by atoms with Crippen LogP contribution in [0.25, 0.3) is 0 Å². The van der Waals surface area contributed by atoms with E-state index >= 15 is 0 Å². The highest BCUT2D eigenvalue weighted by atomic mass is 35.5. The van der Waals surface area contributed by atoms with Gasteiger partial charge in [-0.25, -0.2) is 0 Å². The number of hydrogen-bond donors (Lipinski definition) is 1. The minimum Gasteiger partial charge on any atom is -0.399 e. The van der Waals surface area contributed by atoms with Crippen molar-refractivity contribution in [2.45, 2.75) is 38.3 Å². The Hall–Kier alpha value is -0.480. The molecule has 5 heteroatoms. The van der Waals surface area contributed by atoms with E-state index in [1.54, 1.807) is 0 Å². The molecule has 2 fully saturated rings. The molecule has 2 aliphatic rings. The van der Waals surface area contributed by atoms with Crippen molar-refractivity contribution in [3.8, 4) is 0 Å². The minimum atomic E-state index is 0. The van der Waals surface area contributed by atoms with Gasteiger partial charge in [-0.3, -0.25) is 9.80 Å². The van der Waals surface area contributed by atoms with Crippen LogP contribution in [0, 0.1) is 0 Å². The molecule has 0 spiro atoms. The molecule has 0 unspecified atom stereocenters. The molecule has 1 heterocycles. The van der Waals surface area contributed by atoms with Crippen LogP contribution in [0.1, 0.15) is 31.2 Å². The lowest BCUT2D eigenvalue weighted by Crippen LogP contribution is -2.49. The van der Waals surface area contributed by atoms with E-state index < -0.39 is 0 Å². The topological polar surface area (TPSA) is 32.5 Å². The van der Waals surface area contributed by atoms with Crippen LogP contribution < -0.4 is 5.73 Å². The van der Waals surface area contributed by atoms with Gasteiger partial charge in [-0.15, -0.1) is 24.8 Å². The zero-order chi connectivity index (χ0) is 13.1. The number of nitrogen functional groups attached to an aromatic ring is 1. The first-order valence-corrected chi connectivity index (χ1v) is 7.62. The molecule has 1 aromatic rings. The zero-order valence-corrected chi connectivity index (χ0v) is 14.2. The largest absolute Gasteiger partial charge is 0.399 e. The third kappa shape index (κ3) is 5.03. The van der Waals surface area contributed by atoms with Gasteiger partial charge in [-0.2, -0.15) is 0 Å². The molecule has 0 atom stereocenters. The van der Waals surface area contributed by atoms with Crippen molar-refractivity contribution in [3.63, 3.8) is 0 Å². The summed E-state index contributed by atoms with van der Waals surface area (Å²) in [4.78, 5) is 5.27. The maximum absolute atomic E-state index is 5.84. The van der Waals surface area contributed by atoms with Crippen molar-refractivity contribution in [1.29, 1.82) is 0 Å². The highest BCUT2D eigenvalue weighted by Crippen LogP contribution is 2.24. The molecule has 1 aliphatic heterocycles. The number of hydrogen-bond acceptors (Lipinski definition) is 3. The fourth-order valence-corrected chi connectivity index (χ4v) is 3.51. The van der Waals surface area contributed by atoms with Crippen LogP contribution in [-0.2, 0) is 6.54 Å². The standard InChI is InChI=1S/C16H25N3.2ClH/c17-15-5-3-4-14(12-15)13-18-8-10-19(11-9-18)16-6-1-2-7-16;;/h3-5,12,16H,1-2,6-11,13,17H2;2*1H. The maximum atomic E-state index is 5.84. The smallest absolute Gasteiger partial charge is 0.0317 e. The van der Waals surface area contributed by atoms with Gasteiger partial charge in [0.15, 0.2) is 0 Å². The third-order valence-electron chi connectivity index (χ3n) is 4.61. The minimum absolute atomic E-state index is 0. The SMILES string of the molecule is Cl.Cl.Nc1cccc(CN2CCN(C3CCCC3)CC2)c1. The Morgan fingerprint density at radius 3 is 2.29 bits per heavy atom. The van der Waals surface area contributed by atoms with Gasteiger partial charge in [0, 0.05) is 44.5 Å². The summed E-state index contributed by atoms with van der Waals surface area (Å²) in [5, 5.41) is 0. The average Bonchev–Trinajstić information content (AvgIpc) is 2.94. The van der Waals surface area contributed by atoms with Gasteiger partial charge in [-0.1, -0.05) is 25.0 Å². The molecule has 1 aromatic carbocycles. The van der Waals surface area contributed by atoms with E-state index in [9.17, 15) is 0 Å². The molecule has 1 aliphatic carbocycles. The van der Waals surface area contributed by atoms with Gasteiger partial charge >= 0.3 is 0 Å². The normalized spacial score (nSPS) is 20.8. The Bertz CT molecular complexity index is 414. The lowest BCUT2D eigenvalue weighted by Gasteiger charge is -2.38. The zero-order valence-electron chi connectivity index (χ0n) is 12.5. The van der Waals surface area contributed by atoms with E-state index in [1.807, 2.05) is 6.07 Å². The quantitative estimate of drug-likeness (QED) is 0.863. The second-order valence-electron chi connectivity index (χ2n) is 6.00. The predicted molar refractivity (Wildman–Crippen MR) is 94.5 cm³/mol. The summed E-state index contributed by atoms with van der Waals surface area (Å²) in [5.41, 5.74) is 8.06. The Morgan fingerprint density at radius 1 is 1.00 bits per heavy atom. The molecule has 3 rings (SSSR count). The third-order valence-corrected chi connectivity index (χ3v) is 4.61. The number of nitrogens with two attached hydrogens (primary N) is 1. The molecule has 0 bridgehead atoms. The monoisotopic (exact) mass is 331 g/mol. The number of nitrogens with zero attached hydrogens (tertiary/aromatic N) is 2. The van der Waals surface area contributed by atoms with Crippen LogP contribution >= 0.6 is 24.8 Å². The van der Waals surface area contributed by atoms with Crippen molar-refractivity contribution in [2.75, 3.05) is 31.9 Å². The van der Waals surface area contributed by atoms with Crippen LogP contribution in [0.4, 0.5) is 5.69 Å². The average molecular weight is 332 g/mol. The van der Waals surface area contributed by atoms with Crippen molar-refractivity contribution in [2.24, 2.45) is 0 Å². The van der Waals surface area contributed by atoms with Gasteiger partial charge in [-0.05, 0) is 30.5 Å². The van der Waals surface area contributed by atoms with Crippen molar-refractivity contribution >= 4 is 30.5 Å². The van der Waals surface area contributed by atoms with Crippen molar-refractivity contribution in [1.82, 2.24) is 9.80 Å². The molecule has 3 nitrogen and oxygen atoms in total. The van der Waals surface area contributed by atoms with Crippen LogP contribution in [0.2, 0.25) is 0 Å². The summed E-state index contributed by atoms with van der Waals surface area (Å²) in [6, 6.07) is 9.18. The highest BCUT2D eigenvalue weighted by Gasteiger charge is 2.25. The molecule has 1 saturated heterocycles. The number of anilines is 1. The molecule has 1 saturated carbocycles. The van der Waals surface area contributed by atoms with Gasteiger partial charge < -0.3 is 5.73 Å². The van der Waals surface area contributed by atoms with Crippen LogP contribution in [0.5, 0.6) is 0 Å². The predicted octanol–water partition coefficient (Wildman–Crippen LogP) is 3.17. The lowest BCUT2D eigenvalue weighted by atomic mass is 10.1. The first-order chi connectivity index (χ1) is 9.31. The van der Waals surface area contributed by atoms with Crippen LogP contribution in [-0.4, -0.2) is 42.0 Å². The molecular formula is C16H27Cl2N3. The summed E-state index contributed by atoms with van der Waals surface area (Å²) in [6.45, 7) is 5.93. The molecule has 2 N–H and O–H groups in total. The lowest BCUT2D eigenvalue weighted by molar-refractivity contribution is 0.0937. The summed E-state index contributed by atoms with van der Waals surface area (Å²) in [5.74, 6) is 0. The molecule has 0 radical (unpaired) electrons. The second-order valence-corrected chi connectivity index (χ2v) is 6.00. The van der Waals surface area contributed by atoms with Gasteiger partial charge in [0.1, 0.15) is 0 Å². The number of halogens is 2. The van der Waals surface area contributed by atoms with Gasteiger partial charge in [0.25, 0.3) is 0 Å². The number of rotatable bonds is 3. The summed E-state index contributed by atoms with van der Waals surface area (Å²) in [6.07, 6.45) is 5.73. The molecule has 120 valence electrons. The van der Waals surface area contributed by atoms with Crippen LogP contribution in [0.15, 0.2) is 24.3 Å². The van der Waals surface area contributed by atoms with E-state index in [-0.39, 0.29) is 24.8 Å². The molecule has 21 heavy (non-hydrogen) atoms. The van der Waals surface area contributed by atoms with E-state index in [1.165, 1.54) is 57.4 Å². The first-order valence-electron chi connectivity index (χ1n) is 7.62. The summed E-state index contributed by atoms with van der Waals surface area (Å²) in [7, 11) is 0. The Labute approximate surface area is 140 Å². The highest BCUT2D eigenvalue weighted by molar-refractivity contribution is 5.85. The molecule has 0 amide bonds. The second kappa shape index (κ2) is 8.84. The summed E-state index contributed by atoms with van der Waals surface area (Å²) < 4.78 is 0. The molecular weight excluding hydrogens is 305 g/mol. The Balaban J connectivity index is 0.00000110. The van der Waals surface area contributed by atoms with Crippen LogP contribution in [0.3, 0.4) is 0 Å². The van der Waals surface area contributed by atoms with E-state index in [0.29, 0.717) is 0 Å². The van der Waals surface area contributed by atoms with E-state index in [2.05, 4.69) is 28.0 Å². The first kappa shape index (κ1) is 18.6. The van der Waals surface area contributed by atoms with Crippen molar-refractivity contribution < 1.29 is 0 Å². The Kier molecular flexibility index (Phi) is 7.82. The summed E-state index contributed by atoms with van der Waals surface area (Å²) >= 11 is 0. The number of benzene rings is 1. The van der Waals surface area contributed by atoms with E-state index in [4.69, 9.17) is 5.73 Å². The van der Waals surface area contributed by atoms with Gasteiger partial charge in [0.2, 0.25) is 0 Å². The van der Waals surface area contributed by atoms with E-state index in [0.717, 1.165) is 18.3 Å². The molecule has 0 aromatic heterocycles. The Morgan fingerprint density at radius 2 is 1.67 bits per heavy atom. The van der Waals surface area contributed by atoms with Crippen molar-refractivity contribution in [3.05, 3.63) is 29.8 Å². The maximum Gasteiger partial charge on any atom is 0.0317 e. The fraction of sp³-hybridized carbons (Fsp3) is 0.625. The van der Waals surface area contributed by atoms with Gasteiger partial charge in [0.05, 0.1) is 0 Å². The fourth-order valence-electron chi connectivity index (χ4n) is 3.51.